The van der Waals surface area contributed by atoms with E-state index in [1.165, 1.54) is 24.1 Å². The zero-order chi connectivity index (χ0) is 28.6. The number of phenolic OH excluding ortho intramolecular Hbond substituents is 1. The summed E-state index contributed by atoms with van der Waals surface area (Å²) in [5.74, 6) is -2.79. The highest BCUT2D eigenvalue weighted by Gasteiger charge is 2.32. The lowest BCUT2D eigenvalue weighted by atomic mass is 9.96. The van der Waals surface area contributed by atoms with Crippen LogP contribution in [-0.2, 0) is 30.3 Å². The first-order valence-corrected chi connectivity index (χ1v) is 13.0. The molecule has 11 heteroatoms. The van der Waals surface area contributed by atoms with Gasteiger partial charge in [-0.25, -0.2) is 4.79 Å². The van der Waals surface area contributed by atoms with E-state index < -0.39 is 42.6 Å². The molecule has 0 unspecified atom stereocenters. The Morgan fingerprint density at radius 2 is 1.82 bits per heavy atom. The van der Waals surface area contributed by atoms with Gasteiger partial charge in [0, 0.05) is 19.4 Å². The molecule has 0 aliphatic carbocycles. The van der Waals surface area contributed by atoms with Crippen LogP contribution >= 0.6 is 11.6 Å². The lowest BCUT2D eigenvalue weighted by molar-refractivity contribution is -0.154. The maximum atomic E-state index is 13.3. The van der Waals surface area contributed by atoms with Crippen LogP contribution in [0.3, 0.4) is 0 Å². The van der Waals surface area contributed by atoms with Gasteiger partial charge < -0.3 is 30.5 Å². The third-order valence-corrected chi connectivity index (χ3v) is 6.77. The molecule has 0 radical (unpaired) electrons. The van der Waals surface area contributed by atoms with Crippen LogP contribution in [0.2, 0.25) is 5.02 Å². The average molecular weight is 552 g/mol. The number of carbonyl (C=O) groups excluding carboxylic acids is 4. The number of hydrogen-bond donors (Lipinski definition) is 4. The number of ether oxygens (including phenoxy) is 1. The summed E-state index contributed by atoms with van der Waals surface area (Å²) in [6.45, 7) is 6.36. The minimum atomic E-state index is -1.34. The Morgan fingerprint density at radius 3 is 2.45 bits per heavy atom. The molecule has 1 aromatic carbocycles. The monoisotopic (exact) mass is 551 g/mol. The van der Waals surface area contributed by atoms with Crippen LogP contribution in [0.4, 0.5) is 0 Å². The number of benzene rings is 1. The molecule has 38 heavy (non-hydrogen) atoms. The molecule has 210 valence electrons. The number of halogens is 1. The van der Waals surface area contributed by atoms with E-state index in [1.54, 1.807) is 19.9 Å². The maximum Gasteiger partial charge on any atom is 0.331 e. The standard InChI is InChI=1S/C27H38ClN3O7/c1-15-8-16(2)10-18(4)38-27(37)21(14-32)30-26(36)22(12-19-6-7-23(33)20(28)11-19)31(5)24(34)13-29-25(35)17(3)9-15/h6-8,11,16-18,21-22,32-33H,9-10,12-14H2,1-5H3,(H,29,35)(H,30,36)/b15-8+/t16-,17-,18-,21-,22+/m0/s1. The molecule has 0 saturated heterocycles. The summed E-state index contributed by atoms with van der Waals surface area (Å²) in [6, 6.07) is 1.92. The molecule has 10 nitrogen and oxygen atoms in total. The van der Waals surface area contributed by atoms with E-state index in [-0.39, 0.29) is 41.5 Å². The summed E-state index contributed by atoms with van der Waals surface area (Å²) in [5.41, 5.74) is 1.54. The van der Waals surface area contributed by atoms with Crippen LogP contribution in [-0.4, -0.2) is 77.2 Å². The number of cyclic esters (lactones) is 1. The van der Waals surface area contributed by atoms with Crippen LogP contribution in [0.5, 0.6) is 5.75 Å². The Labute approximate surface area is 228 Å². The smallest absolute Gasteiger partial charge is 0.331 e. The summed E-state index contributed by atoms with van der Waals surface area (Å²) in [6.07, 6.45) is 2.52. The predicted molar refractivity (Wildman–Crippen MR) is 142 cm³/mol. The van der Waals surface area contributed by atoms with Gasteiger partial charge in [-0.2, -0.15) is 0 Å². The van der Waals surface area contributed by atoms with Crippen molar-refractivity contribution in [2.24, 2.45) is 11.8 Å². The van der Waals surface area contributed by atoms with E-state index in [0.717, 1.165) is 5.57 Å². The van der Waals surface area contributed by atoms with Crippen molar-refractivity contribution in [1.82, 2.24) is 15.5 Å². The predicted octanol–water partition coefficient (Wildman–Crippen LogP) is 1.95. The number of phenols is 1. The molecule has 0 bridgehead atoms. The van der Waals surface area contributed by atoms with Crippen LogP contribution < -0.4 is 10.6 Å². The van der Waals surface area contributed by atoms with Crippen molar-refractivity contribution in [3.63, 3.8) is 0 Å². The summed E-state index contributed by atoms with van der Waals surface area (Å²) >= 11 is 6.02. The van der Waals surface area contributed by atoms with Crippen molar-refractivity contribution in [2.75, 3.05) is 20.2 Å². The number of aliphatic hydroxyl groups is 1. The third kappa shape index (κ3) is 9.02. The molecule has 3 amide bonds. The van der Waals surface area contributed by atoms with E-state index in [0.29, 0.717) is 18.4 Å². The molecule has 1 aliphatic rings. The van der Waals surface area contributed by atoms with Crippen molar-refractivity contribution in [1.29, 1.82) is 0 Å². The molecule has 4 N–H and O–H groups in total. The number of hydrogen-bond acceptors (Lipinski definition) is 7. The summed E-state index contributed by atoms with van der Waals surface area (Å²) in [4.78, 5) is 52.9. The largest absolute Gasteiger partial charge is 0.506 e. The first-order chi connectivity index (χ1) is 17.8. The highest BCUT2D eigenvalue weighted by molar-refractivity contribution is 6.32. The van der Waals surface area contributed by atoms with Crippen LogP contribution in [0.1, 0.15) is 46.1 Å². The number of aromatic hydroxyl groups is 1. The van der Waals surface area contributed by atoms with Crippen LogP contribution in [0, 0.1) is 11.8 Å². The molecule has 0 saturated carbocycles. The number of allylic oxidation sites excluding steroid dienone is 2. The second-order valence-corrected chi connectivity index (χ2v) is 10.5. The fourth-order valence-electron chi connectivity index (χ4n) is 4.44. The Bertz CT molecular complexity index is 1060. The molecular formula is C27H38ClN3O7. The average Bonchev–Trinajstić information content (AvgIpc) is 2.84. The van der Waals surface area contributed by atoms with E-state index in [1.807, 2.05) is 19.9 Å². The fourth-order valence-corrected chi connectivity index (χ4v) is 4.64. The number of esters is 1. The molecule has 0 aromatic heterocycles. The van der Waals surface area contributed by atoms with Crippen molar-refractivity contribution in [3.05, 3.63) is 40.4 Å². The van der Waals surface area contributed by atoms with Gasteiger partial charge in [0.2, 0.25) is 17.7 Å². The number of likely N-dealkylation sites (N-methyl/N-ethyl adjacent to an activating group) is 1. The van der Waals surface area contributed by atoms with Gasteiger partial charge in [0.15, 0.2) is 6.04 Å². The lowest BCUT2D eigenvalue weighted by Crippen LogP contribution is -2.55. The zero-order valence-corrected chi connectivity index (χ0v) is 23.2. The normalized spacial score (nSPS) is 28.3. The Kier molecular flexibility index (Phi) is 11.6. The van der Waals surface area contributed by atoms with E-state index in [4.69, 9.17) is 16.3 Å². The molecule has 0 spiro atoms. The Balaban J connectivity index is 2.38. The Hall–Kier alpha value is -3.11. The Morgan fingerprint density at radius 1 is 1.13 bits per heavy atom. The summed E-state index contributed by atoms with van der Waals surface area (Å²) in [7, 11) is 1.41. The van der Waals surface area contributed by atoms with Gasteiger partial charge in [-0.15, -0.1) is 0 Å². The molecule has 1 heterocycles. The topological polar surface area (TPSA) is 145 Å². The minimum absolute atomic E-state index is 0.0104. The van der Waals surface area contributed by atoms with Gasteiger partial charge >= 0.3 is 5.97 Å². The van der Waals surface area contributed by atoms with Crippen molar-refractivity contribution < 1.29 is 34.1 Å². The summed E-state index contributed by atoms with van der Waals surface area (Å²) < 4.78 is 5.49. The maximum absolute atomic E-state index is 13.3. The first-order valence-electron chi connectivity index (χ1n) is 12.6. The zero-order valence-electron chi connectivity index (χ0n) is 22.5. The first kappa shape index (κ1) is 31.1. The number of carbonyl (C=O) groups is 4. The number of nitrogens with zero attached hydrogens (tertiary/aromatic N) is 1. The SMILES string of the molecule is C/C1=C\[C@H](C)C[C@H](C)OC(=O)[C@H](CO)NC(=O)[C@@H](Cc2ccc(O)c(Cl)c2)N(C)C(=O)CNC(=O)[C@@H](C)C1. The van der Waals surface area contributed by atoms with Crippen molar-refractivity contribution >= 4 is 35.3 Å². The number of nitrogens with one attached hydrogen (secondary N) is 2. The number of aliphatic hydroxyl groups excluding tert-OH is 1. The third-order valence-electron chi connectivity index (χ3n) is 6.47. The van der Waals surface area contributed by atoms with Crippen molar-refractivity contribution in [2.45, 2.75) is 65.1 Å². The second-order valence-electron chi connectivity index (χ2n) is 10.1. The van der Waals surface area contributed by atoms with E-state index in [2.05, 4.69) is 10.6 Å². The molecule has 0 fully saturated rings. The van der Waals surface area contributed by atoms with Gasteiger partial charge in [-0.3, -0.25) is 14.4 Å². The quantitative estimate of drug-likeness (QED) is 0.332. The highest BCUT2D eigenvalue weighted by atomic mass is 35.5. The summed E-state index contributed by atoms with van der Waals surface area (Å²) in [5, 5.41) is 24.8. The highest BCUT2D eigenvalue weighted by Crippen LogP contribution is 2.25. The molecule has 5 atom stereocenters. The minimum Gasteiger partial charge on any atom is -0.506 e. The van der Waals surface area contributed by atoms with Gasteiger partial charge in [-0.05, 0) is 50.3 Å². The van der Waals surface area contributed by atoms with Gasteiger partial charge in [0.05, 0.1) is 24.3 Å². The fraction of sp³-hybridized carbons (Fsp3) is 0.556. The van der Waals surface area contributed by atoms with Gasteiger partial charge in [-0.1, -0.05) is 43.2 Å². The molecule has 1 aromatic rings. The molecule has 2 rings (SSSR count). The molecular weight excluding hydrogens is 514 g/mol. The lowest BCUT2D eigenvalue weighted by Gasteiger charge is -2.29. The number of rotatable bonds is 3. The van der Waals surface area contributed by atoms with Gasteiger partial charge in [0.25, 0.3) is 0 Å². The van der Waals surface area contributed by atoms with Crippen LogP contribution in [0.25, 0.3) is 0 Å². The van der Waals surface area contributed by atoms with Crippen molar-refractivity contribution in [3.8, 4) is 5.75 Å². The number of amides is 3. The van der Waals surface area contributed by atoms with E-state index >= 15 is 0 Å². The van der Waals surface area contributed by atoms with Gasteiger partial charge in [0.1, 0.15) is 11.8 Å². The molecule has 1 aliphatic heterocycles. The van der Waals surface area contributed by atoms with Crippen LogP contribution in [0.15, 0.2) is 29.8 Å². The van der Waals surface area contributed by atoms with E-state index in [9.17, 15) is 29.4 Å². The second kappa shape index (κ2) is 14.2.